The first-order valence-electron chi connectivity index (χ1n) is 3.98. The van der Waals surface area contributed by atoms with Crippen molar-refractivity contribution in [2.45, 2.75) is 26.1 Å². The number of nitrogens with zero attached hydrogens (tertiary/aromatic N) is 1. The molecule has 13 heavy (non-hydrogen) atoms. The Balaban J connectivity index is 2.81. The van der Waals surface area contributed by atoms with Crippen molar-refractivity contribution in [3.05, 3.63) is 30.1 Å². The summed E-state index contributed by atoms with van der Waals surface area (Å²) >= 11 is 0. The highest BCUT2D eigenvalue weighted by Gasteiger charge is 2.33. The molecule has 1 aromatic rings. The third-order valence-corrected chi connectivity index (χ3v) is 1.38. The molecule has 0 atom stereocenters. The van der Waals surface area contributed by atoms with Crippen molar-refractivity contribution in [1.29, 1.82) is 0 Å². The van der Waals surface area contributed by atoms with Gasteiger partial charge in [0.1, 0.15) is 0 Å². The van der Waals surface area contributed by atoms with Crippen LogP contribution in [0, 0.1) is 0 Å². The van der Waals surface area contributed by atoms with Crippen LogP contribution in [-0.4, -0.2) is 11.1 Å². The second-order valence-corrected chi connectivity index (χ2v) is 2.93. The van der Waals surface area contributed by atoms with E-state index in [1.165, 1.54) is 18.3 Å². The molecule has 0 aliphatic rings. The lowest BCUT2D eigenvalue weighted by atomic mass is 10.2. The molecule has 1 aromatic heterocycles. The van der Waals surface area contributed by atoms with Crippen LogP contribution in [0.5, 0.6) is 0 Å². The molecule has 4 heteroatoms. The Hall–Kier alpha value is -1.03. The van der Waals surface area contributed by atoms with Gasteiger partial charge < -0.3 is 4.74 Å². The lowest BCUT2D eigenvalue weighted by Crippen LogP contribution is -2.22. The number of pyridine rings is 1. The summed E-state index contributed by atoms with van der Waals surface area (Å²) in [7, 11) is 0. The second kappa shape index (κ2) is 3.79. The van der Waals surface area contributed by atoms with Gasteiger partial charge in [0.25, 0.3) is 0 Å². The fraction of sp³-hybridized carbons (Fsp3) is 0.444. The molecule has 0 aliphatic carbocycles. The van der Waals surface area contributed by atoms with Gasteiger partial charge in [-0.05, 0) is 26.0 Å². The van der Waals surface area contributed by atoms with Gasteiger partial charge in [-0.3, -0.25) is 4.98 Å². The summed E-state index contributed by atoms with van der Waals surface area (Å²) in [6.07, 6.45) is -1.23. The van der Waals surface area contributed by atoms with E-state index in [1.807, 2.05) is 0 Å². The van der Waals surface area contributed by atoms with E-state index < -0.39 is 12.2 Å². The number of alkyl halides is 2. The summed E-state index contributed by atoms with van der Waals surface area (Å²) in [5.41, 5.74) is -0.219. The van der Waals surface area contributed by atoms with Crippen LogP contribution in [0.15, 0.2) is 24.5 Å². The Morgan fingerprint density at radius 2 is 2.15 bits per heavy atom. The van der Waals surface area contributed by atoms with Crippen LogP contribution in [0.25, 0.3) is 0 Å². The average Bonchev–Trinajstić information content (AvgIpc) is 2.04. The Morgan fingerprint density at radius 3 is 2.62 bits per heavy atom. The average molecular weight is 187 g/mol. The van der Waals surface area contributed by atoms with E-state index in [0.29, 0.717) is 0 Å². The lowest BCUT2D eigenvalue weighted by Gasteiger charge is -2.18. The first-order valence-corrected chi connectivity index (χ1v) is 3.98. The van der Waals surface area contributed by atoms with Gasteiger partial charge in [-0.2, -0.15) is 8.78 Å². The molecule has 0 aliphatic heterocycles. The third-order valence-electron chi connectivity index (χ3n) is 1.38. The van der Waals surface area contributed by atoms with Crippen molar-refractivity contribution < 1.29 is 13.5 Å². The first-order chi connectivity index (χ1) is 6.02. The zero-order valence-corrected chi connectivity index (χ0v) is 7.50. The molecule has 1 rings (SSSR count). The van der Waals surface area contributed by atoms with E-state index in [9.17, 15) is 8.78 Å². The third kappa shape index (κ3) is 2.73. The van der Waals surface area contributed by atoms with Crippen LogP contribution < -0.4 is 0 Å². The molecule has 2 nitrogen and oxygen atoms in total. The molecule has 1 heterocycles. The largest absolute Gasteiger partial charge is 0.385 e. The lowest BCUT2D eigenvalue weighted by molar-refractivity contribution is -0.266. The fourth-order valence-corrected chi connectivity index (χ4v) is 0.899. The number of hydrogen-bond donors (Lipinski definition) is 0. The van der Waals surface area contributed by atoms with Gasteiger partial charge >= 0.3 is 6.11 Å². The maximum Gasteiger partial charge on any atom is 0.385 e. The fourth-order valence-electron chi connectivity index (χ4n) is 0.899. The monoisotopic (exact) mass is 187 g/mol. The van der Waals surface area contributed by atoms with Crippen LogP contribution in [0.2, 0.25) is 0 Å². The van der Waals surface area contributed by atoms with Crippen LogP contribution >= 0.6 is 0 Å². The highest BCUT2D eigenvalue weighted by atomic mass is 19.3. The van der Waals surface area contributed by atoms with Gasteiger partial charge in [0.2, 0.25) is 0 Å². The zero-order chi connectivity index (χ0) is 9.90. The van der Waals surface area contributed by atoms with Crippen LogP contribution in [0.4, 0.5) is 8.78 Å². The maximum atomic E-state index is 13.1. The highest BCUT2D eigenvalue weighted by Crippen LogP contribution is 2.29. The summed E-state index contributed by atoms with van der Waals surface area (Å²) in [5, 5.41) is 0. The summed E-state index contributed by atoms with van der Waals surface area (Å²) < 4.78 is 30.7. The Morgan fingerprint density at radius 1 is 1.46 bits per heavy atom. The molecule has 0 saturated heterocycles. The van der Waals surface area contributed by atoms with Crippen molar-refractivity contribution in [3.63, 3.8) is 0 Å². The van der Waals surface area contributed by atoms with E-state index in [0.717, 1.165) is 6.20 Å². The zero-order valence-electron chi connectivity index (χ0n) is 7.50. The number of aromatic nitrogens is 1. The van der Waals surface area contributed by atoms with Crippen LogP contribution in [-0.2, 0) is 10.8 Å². The molecule has 0 fully saturated rings. The minimum atomic E-state index is -3.25. The second-order valence-electron chi connectivity index (χ2n) is 2.93. The van der Waals surface area contributed by atoms with Gasteiger partial charge in [-0.25, -0.2) is 0 Å². The van der Waals surface area contributed by atoms with Crippen LogP contribution in [0.3, 0.4) is 0 Å². The van der Waals surface area contributed by atoms with Gasteiger partial charge in [0, 0.05) is 12.4 Å². The Labute approximate surface area is 75.6 Å². The molecule has 0 aromatic carbocycles. The molecule has 0 bridgehead atoms. The highest BCUT2D eigenvalue weighted by molar-refractivity contribution is 5.12. The molecule has 0 unspecified atom stereocenters. The standard InChI is InChI=1S/C9H11F2NO/c1-7(2)13-9(10,11)8-4-3-5-12-6-8/h3-7H,1-2H3. The van der Waals surface area contributed by atoms with E-state index in [2.05, 4.69) is 9.72 Å². The molecular weight excluding hydrogens is 176 g/mol. The quantitative estimate of drug-likeness (QED) is 0.725. The van der Waals surface area contributed by atoms with Crippen molar-refractivity contribution >= 4 is 0 Å². The Kier molecular flexibility index (Phi) is 2.93. The Bertz CT molecular complexity index is 262. The molecule has 72 valence electrons. The topological polar surface area (TPSA) is 22.1 Å². The van der Waals surface area contributed by atoms with E-state index in [-0.39, 0.29) is 5.56 Å². The predicted octanol–water partition coefficient (Wildman–Crippen LogP) is 2.56. The summed E-state index contributed by atoms with van der Waals surface area (Å²) in [6.45, 7) is 3.12. The van der Waals surface area contributed by atoms with E-state index in [1.54, 1.807) is 13.8 Å². The summed E-state index contributed by atoms with van der Waals surface area (Å²) in [5.74, 6) is 0. The predicted molar refractivity (Wildman–Crippen MR) is 44.4 cm³/mol. The molecular formula is C9H11F2NO. The normalized spacial score (nSPS) is 12.1. The van der Waals surface area contributed by atoms with Gasteiger partial charge in [0.15, 0.2) is 0 Å². The molecule has 0 saturated carbocycles. The van der Waals surface area contributed by atoms with Crippen LogP contribution in [0.1, 0.15) is 19.4 Å². The maximum absolute atomic E-state index is 13.1. The van der Waals surface area contributed by atoms with Gasteiger partial charge in [-0.15, -0.1) is 0 Å². The summed E-state index contributed by atoms with van der Waals surface area (Å²) in [6, 6.07) is 2.74. The molecule has 0 radical (unpaired) electrons. The number of rotatable bonds is 3. The molecule has 0 amide bonds. The van der Waals surface area contributed by atoms with Gasteiger partial charge in [0.05, 0.1) is 11.7 Å². The van der Waals surface area contributed by atoms with Gasteiger partial charge in [-0.1, -0.05) is 0 Å². The van der Waals surface area contributed by atoms with Crippen molar-refractivity contribution in [1.82, 2.24) is 4.98 Å². The number of halogens is 2. The first kappa shape index (κ1) is 10.1. The van der Waals surface area contributed by atoms with E-state index >= 15 is 0 Å². The summed E-state index contributed by atoms with van der Waals surface area (Å²) in [4.78, 5) is 3.60. The van der Waals surface area contributed by atoms with Crippen molar-refractivity contribution in [2.75, 3.05) is 0 Å². The molecule has 0 N–H and O–H groups in total. The SMILES string of the molecule is CC(C)OC(F)(F)c1cccnc1. The van der Waals surface area contributed by atoms with Crippen molar-refractivity contribution in [3.8, 4) is 0 Å². The number of ether oxygens (including phenoxy) is 1. The minimum absolute atomic E-state index is 0.219. The number of hydrogen-bond acceptors (Lipinski definition) is 2. The minimum Gasteiger partial charge on any atom is -0.314 e. The van der Waals surface area contributed by atoms with Crippen molar-refractivity contribution in [2.24, 2.45) is 0 Å². The van der Waals surface area contributed by atoms with E-state index in [4.69, 9.17) is 0 Å². The smallest absolute Gasteiger partial charge is 0.314 e. The molecule has 0 spiro atoms.